The number of carbonyl (C=O) groups is 1. The Kier molecular flexibility index (Phi) is 6.34. The molecular formula is C29H27N3O2. The van der Waals surface area contributed by atoms with E-state index in [4.69, 9.17) is 9.97 Å². The number of amides is 1. The van der Waals surface area contributed by atoms with Crippen molar-refractivity contribution in [1.29, 1.82) is 0 Å². The number of carbonyl (C=O) groups excluding carboxylic acids is 1. The third kappa shape index (κ3) is 4.99. The molecule has 1 aliphatic carbocycles. The summed E-state index contributed by atoms with van der Waals surface area (Å²) >= 11 is 0. The van der Waals surface area contributed by atoms with Crippen LogP contribution in [0, 0.1) is 0 Å². The summed E-state index contributed by atoms with van der Waals surface area (Å²) in [6.45, 7) is 0. The van der Waals surface area contributed by atoms with E-state index in [9.17, 15) is 9.90 Å². The zero-order valence-corrected chi connectivity index (χ0v) is 19.0. The summed E-state index contributed by atoms with van der Waals surface area (Å²) in [5.74, 6) is 0.747. The van der Waals surface area contributed by atoms with E-state index in [0.29, 0.717) is 25.1 Å². The van der Waals surface area contributed by atoms with E-state index in [1.165, 1.54) is 0 Å². The summed E-state index contributed by atoms with van der Waals surface area (Å²) in [7, 11) is 0. The summed E-state index contributed by atoms with van der Waals surface area (Å²) in [4.78, 5) is 22.8. The Morgan fingerprint density at radius 3 is 2.38 bits per heavy atom. The Bertz CT molecular complexity index is 1300. The number of nitrogens with zero attached hydrogens (tertiary/aromatic N) is 2. The molecule has 4 aromatic rings. The second-order valence-corrected chi connectivity index (χ2v) is 8.71. The average Bonchev–Trinajstić information content (AvgIpc) is 3.02. The van der Waals surface area contributed by atoms with E-state index >= 15 is 0 Å². The highest BCUT2D eigenvalue weighted by Crippen LogP contribution is 2.34. The first-order valence-electron chi connectivity index (χ1n) is 11.8. The lowest BCUT2D eigenvalue weighted by atomic mass is 10.0. The van der Waals surface area contributed by atoms with Crippen LogP contribution in [-0.4, -0.2) is 21.0 Å². The van der Waals surface area contributed by atoms with Crippen molar-refractivity contribution in [3.05, 3.63) is 107 Å². The van der Waals surface area contributed by atoms with Crippen molar-refractivity contribution in [3.63, 3.8) is 0 Å². The Labute approximate surface area is 199 Å². The first-order chi connectivity index (χ1) is 16.7. The minimum Gasteiger partial charge on any atom is -0.508 e. The Morgan fingerprint density at radius 1 is 0.882 bits per heavy atom. The summed E-state index contributed by atoms with van der Waals surface area (Å²) in [6, 6.07) is 25.6. The van der Waals surface area contributed by atoms with Crippen LogP contribution >= 0.6 is 0 Å². The molecule has 1 amide bonds. The number of fused-ring (bicyclic) bond motifs is 3. The number of benzene rings is 3. The van der Waals surface area contributed by atoms with E-state index < -0.39 is 0 Å². The van der Waals surface area contributed by atoms with Crippen LogP contribution in [0.5, 0.6) is 5.75 Å². The van der Waals surface area contributed by atoms with Crippen LogP contribution in [0.25, 0.3) is 11.3 Å². The number of phenolic OH excluding ortho intramolecular Hbond substituents is 1. The lowest BCUT2D eigenvalue weighted by Gasteiger charge is -2.15. The summed E-state index contributed by atoms with van der Waals surface area (Å²) in [5.41, 5.74) is 6.82. The highest BCUT2D eigenvalue weighted by molar-refractivity contribution is 5.90. The molecule has 3 aromatic carbocycles. The van der Waals surface area contributed by atoms with Crippen LogP contribution in [0.15, 0.2) is 78.9 Å². The molecule has 0 saturated heterocycles. The molecule has 170 valence electrons. The molecule has 0 atom stereocenters. The summed E-state index contributed by atoms with van der Waals surface area (Å²) in [6.07, 6.45) is 4.18. The number of hydrogen-bond acceptors (Lipinski definition) is 4. The van der Waals surface area contributed by atoms with Crippen LogP contribution in [-0.2, 0) is 30.5 Å². The van der Waals surface area contributed by atoms with E-state index in [2.05, 4.69) is 17.4 Å². The van der Waals surface area contributed by atoms with Crippen LogP contribution in [0.3, 0.4) is 0 Å². The zero-order chi connectivity index (χ0) is 23.3. The number of aromatic hydroxyl groups is 1. The normalized spacial score (nSPS) is 12.4. The number of anilines is 1. The molecule has 5 heteroatoms. The highest BCUT2D eigenvalue weighted by atomic mass is 16.3. The van der Waals surface area contributed by atoms with Gasteiger partial charge in [0.25, 0.3) is 0 Å². The molecule has 2 N–H and O–H groups in total. The maximum Gasteiger partial charge on any atom is 0.225 e. The third-order valence-corrected chi connectivity index (χ3v) is 6.20. The number of nitrogens with one attached hydrogen (secondary N) is 1. The summed E-state index contributed by atoms with van der Waals surface area (Å²) in [5, 5.41) is 13.0. The predicted molar refractivity (Wildman–Crippen MR) is 134 cm³/mol. The van der Waals surface area contributed by atoms with Crippen LogP contribution in [0.2, 0.25) is 0 Å². The number of aromatic nitrogens is 2. The average molecular weight is 450 g/mol. The van der Waals surface area contributed by atoms with Gasteiger partial charge in [0.1, 0.15) is 5.75 Å². The summed E-state index contributed by atoms with van der Waals surface area (Å²) < 4.78 is 0. The van der Waals surface area contributed by atoms with Crippen molar-refractivity contribution >= 4 is 11.7 Å². The fourth-order valence-corrected chi connectivity index (χ4v) is 4.47. The van der Waals surface area contributed by atoms with Gasteiger partial charge in [-0.2, -0.15) is 0 Å². The van der Waals surface area contributed by atoms with Crippen LogP contribution in [0.1, 0.15) is 40.9 Å². The fourth-order valence-electron chi connectivity index (χ4n) is 4.47. The molecule has 1 aromatic heterocycles. The van der Waals surface area contributed by atoms with E-state index in [1.807, 2.05) is 60.7 Å². The first kappa shape index (κ1) is 21.8. The number of phenols is 1. The lowest BCUT2D eigenvalue weighted by molar-refractivity contribution is -0.116. The van der Waals surface area contributed by atoms with E-state index in [0.717, 1.165) is 58.6 Å². The lowest BCUT2D eigenvalue weighted by Crippen LogP contribution is -2.17. The molecular weight excluding hydrogens is 422 g/mol. The minimum atomic E-state index is -0.0636. The molecule has 0 radical (unpaired) electrons. The van der Waals surface area contributed by atoms with Gasteiger partial charge in [-0.3, -0.25) is 4.79 Å². The Morgan fingerprint density at radius 2 is 1.62 bits per heavy atom. The second-order valence-electron chi connectivity index (χ2n) is 8.71. The van der Waals surface area contributed by atoms with Crippen molar-refractivity contribution in [2.45, 2.75) is 38.5 Å². The van der Waals surface area contributed by atoms with Gasteiger partial charge in [-0.1, -0.05) is 60.7 Å². The monoisotopic (exact) mass is 449 g/mol. The molecule has 0 fully saturated rings. The molecule has 0 aliphatic heterocycles. The smallest absolute Gasteiger partial charge is 0.225 e. The van der Waals surface area contributed by atoms with Crippen molar-refractivity contribution in [3.8, 4) is 17.0 Å². The molecule has 0 saturated carbocycles. The third-order valence-electron chi connectivity index (χ3n) is 6.20. The maximum absolute atomic E-state index is 12.9. The van der Waals surface area contributed by atoms with Crippen molar-refractivity contribution in [2.24, 2.45) is 0 Å². The largest absolute Gasteiger partial charge is 0.508 e. The molecule has 1 aliphatic rings. The fraction of sp³-hybridized carbons (Fsp3) is 0.207. The Hall–Kier alpha value is -3.99. The van der Waals surface area contributed by atoms with Gasteiger partial charge < -0.3 is 10.4 Å². The van der Waals surface area contributed by atoms with E-state index in [1.54, 1.807) is 6.07 Å². The molecule has 0 spiro atoms. The molecule has 5 rings (SSSR count). The van der Waals surface area contributed by atoms with Crippen LogP contribution < -0.4 is 5.32 Å². The minimum absolute atomic E-state index is 0.0636. The van der Waals surface area contributed by atoms with E-state index in [-0.39, 0.29) is 11.7 Å². The maximum atomic E-state index is 12.9. The van der Waals surface area contributed by atoms with Gasteiger partial charge in [0.15, 0.2) is 5.82 Å². The van der Waals surface area contributed by atoms with Gasteiger partial charge in [0, 0.05) is 18.4 Å². The van der Waals surface area contributed by atoms with Crippen LogP contribution in [0.4, 0.5) is 5.82 Å². The zero-order valence-electron chi connectivity index (χ0n) is 19.0. The van der Waals surface area contributed by atoms with Gasteiger partial charge in [0.2, 0.25) is 5.91 Å². The molecule has 1 heterocycles. The quantitative estimate of drug-likeness (QED) is 0.408. The molecule has 0 unspecified atom stereocenters. The predicted octanol–water partition coefficient (Wildman–Crippen LogP) is 5.50. The molecule has 34 heavy (non-hydrogen) atoms. The SMILES string of the molecule is O=C(CCc1ccccc1)Nc1nc2c(nc1Cc1ccccc1)-c1ccc(O)cc1CCC2. The van der Waals surface area contributed by atoms with Gasteiger partial charge in [0.05, 0.1) is 17.1 Å². The van der Waals surface area contributed by atoms with Crippen molar-refractivity contribution < 1.29 is 9.90 Å². The number of rotatable bonds is 6. The number of hydrogen-bond donors (Lipinski definition) is 2. The van der Waals surface area contributed by atoms with Gasteiger partial charge in [-0.05, 0) is 60.6 Å². The molecule has 0 bridgehead atoms. The van der Waals surface area contributed by atoms with Gasteiger partial charge in [-0.25, -0.2) is 9.97 Å². The van der Waals surface area contributed by atoms with Gasteiger partial charge >= 0.3 is 0 Å². The Balaban J connectivity index is 1.48. The number of aryl methyl sites for hydroxylation is 3. The van der Waals surface area contributed by atoms with Crippen molar-refractivity contribution in [1.82, 2.24) is 9.97 Å². The van der Waals surface area contributed by atoms with Gasteiger partial charge in [-0.15, -0.1) is 0 Å². The topological polar surface area (TPSA) is 75.1 Å². The standard InChI is InChI=1S/C29H27N3O2/c33-23-15-16-24-22(19-23)12-7-13-25-28(24)30-26(18-21-10-5-2-6-11-21)29(31-25)32-27(34)17-14-20-8-3-1-4-9-20/h1-6,8-11,15-16,19,33H,7,12-14,17-18H2,(H,31,32,34). The highest BCUT2D eigenvalue weighted by Gasteiger charge is 2.21. The second kappa shape index (κ2) is 9.87. The van der Waals surface area contributed by atoms with Crippen molar-refractivity contribution in [2.75, 3.05) is 5.32 Å². The first-order valence-corrected chi connectivity index (χ1v) is 11.8. The molecule has 5 nitrogen and oxygen atoms in total.